The number of hydrogen-bond donors (Lipinski definition) is 0. The van der Waals surface area contributed by atoms with E-state index in [1.165, 1.54) is 0 Å². The minimum absolute atomic E-state index is 0.0673. The summed E-state index contributed by atoms with van der Waals surface area (Å²) in [7, 11) is 0. The summed E-state index contributed by atoms with van der Waals surface area (Å²) in [5.74, 6) is -0.248. The predicted octanol–water partition coefficient (Wildman–Crippen LogP) is 5.79. The molecule has 0 N–H and O–H groups in total. The highest BCUT2D eigenvalue weighted by molar-refractivity contribution is 6.31. The van der Waals surface area contributed by atoms with Crippen molar-refractivity contribution in [1.82, 2.24) is 0 Å². The first-order valence-corrected chi connectivity index (χ1v) is 8.97. The molecule has 0 aliphatic carbocycles. The van der Waals surface area contributed by atoms with Crippen molar-refractivity contribution in [3.8, 4) is 11.5 Å². The number of hydrogen-bond acceptors (Lipinski definition) is 3. The Labute approximate surface area is 160 Å². The molecule has 1 aliphatic heterocycles. The summed E-state index contributed by atoms with van der Waals surface area (Å²) in [5.41, 5.74) is 1.45. The first-order chi connectivity index (χ1) is 12.8. The first-order valence-electron chi connectivity index (χ1n) is 8.59. The van der Waals surface area contributed by atoms with Gasteiger partial charge in [0.15, 0.2) is 0 Å². The summed E-state index contributed by atoms with van der Waals surface area (Å²) in [6, 6.07) is 11.7. The second-order valence-electron chi connectivity index (χ2n) is 6.64. The monoisotopic (exact) mass is 397 g/mol. The number of halogens is 4. The number of carbonyl (C=O) groups excluding carboxylic acids is 1. The maximum Gasteiger partial charge on any atom is 0.393 e. The molecule has 1 saturated heterocycles. The van der Waals surface area contributed by atoms with Crippen LogP contribution in [0.1, 0.15) is 18.4 Å². The van der Waals surface area contributed by atoms with Gasteiger partial charge < -0.3 is 14.4 Å². The van der Waals surface area contributed by atoms with Crippen LogP contribution < -0.4 is 9.64 Å². The number of benzene rings is 2. The standard InChI is InChI=1S/C20H19ClF3NO2/c1-13-18(21)3-2-4-19(13)27-17-7-5-15(6-8-17)25-12-14(20(22,23)24)11-16(25)9-10-26/h2-8,10,14,16H,9,11-12H2,1H3. The lowest BCUT2D eigenvalue weighted by Gasteiger charge is -2.25. The van der Waals surface area contributed by atoms with E-state index < -0.39 is 18.1 Å². The Kier molecular flexibility index (Phi) is 5.65. The molecule has 0 spiro atoms. The molecule has 0 amide bonds. The number of alkyl halides is 3. The molecule has 0 saturated carbocycles. The Morgan fingerprint density at radius 1 is 1.22 bits per heavy atom. The van der Waals surface area contributed by atoms with E-state index in [1.807, 2.05) is 6.92 Å². The van der Waals surface area contributed by atoms with Gasteiger partial charge in [-0.05, 0) is 49.7 Å². The summed E-state index contributed by atoms with van der Waals surface area (Å²) in [6.07, 6.45) is -3.58. The van der Waals surface area contributed by atoms with Crippen molar-refractivity contribution in [2.24, 2.45) is 5.92 Å². The Balaban J connectivity index is 1.77. The number of anilines is 1. The maximum absolute atomic E-state index is 13.1. The van der Waals surface area contributed by atoms with Crippen LogP contribution >= 0.6 is 11.6 Å². The van der Waals surface area contributed by atoms with Crippen LogP contribution in [0, 0.1) is 12.8 Å². The highest BCUT2D eigenvalue weighted by Crippen LogP contribution is 2.40. The van der Waals surface area contributed by atoms with Gasteiger partial charge in [0.2, 0.25) is 0 Å². The molecule has 27 heavy (non-hydrogen) atoms. The predicted molar refractivity (Wildman–Crippen MR) is 98.7 cm³/mol. The lowest BCUT2D eigenvalue weighted by Crippen LogP contribution is -2.30. The zero-order valence-electron chi connectivity index (χ0n) is 14.7. The molecule has 7 heteroatoms. The minimum Gasteiger partial charge on any atom is -0.457 e. The summed E-state index contributed by atoms with van der Waals surface area (Å²) in [4.78, 5) is 12.5. The number of carbonyl (C=O) groups is 1. The van der Waals surface area contributed by atoms with Crippen LogP contribution in [0.3, 0.4) is 0 Å². The van der Waals surface area contributed by atoms with E-state index in [2.05, 4.69) is 0 Å². The lowest BCUT2D eigenvalue weighted by atomic mass is 10.0. The molecular weight excluding hydrogens is 379 g/mol. The lowest BCUT2D eigenvalue weighted by molar-refractivity contribution is -0.168. The fraction of sp³-hybridized carbons (Fsp3) is 0.350. The SMILES string of the molecule is Cc1c(Cl)cccc1Oc1ccc(N2CC(C(F)(F)F)CC2CC=O)cc1. The third kappa shape index (κ3) is 4.38. The van der Waals surface area contributed by atoms with Gasteiger partial charge in [-0.3, -0.25) is 0 Å². The molecule has 1 fully saturated rings. The fourth-order valence-electron chi connectivity index (χ4n) is 3.34. The topological polar surface area (TPSA) is 29.5 Å². The zero-order chi connectivity index (χ0) is 19.6. The van der Waals surface area contributed by atoms with E-state index in [4.69, 9.17) is 16.3 Å². The van der Waals surface area contributed by atoms with Crippen molar-refractivity contribution >= 4 is 23.6 Å². The molecule has 3 rings (SSSR count). The average molecular weight is 398 g/mol. The number of ether oxygens (including phenoxy) is 1. The molecule has 2 atom stereocenters. The van der Waals surface area contributed by atoms with Crippen molar-refractivity contribution in [2.45, 2.75) is 32.0 Å². The van der Waals surface area contributed by atoms with Crippen molar-refractivity contribution < 1.29 is 22.7 Å². The van der Waals surface area contributed by atoms with Crippen LogP contribution in [0.5, 0.6) is 11.5 Å². The maximum atomic E-state index is 13.1. The molecule has 2 aromatic carbocycles. The van der Waals surface area contributed by atoms with Gasteiger partial charge in [-0.2, -0.15) is 13.2 Å². The summed E-state index contributed by atoms with van der Waals surface area (Å²) < 4.78 is 45.1. The molecular formula is C20H19ClF3NO2. The minimum atomic E-state index is -4.26. The Morgan fingerprint density at radius 2 is 1.93 bits per heavy atom. The highest BCUT2D eigenvalue weighted by Gasteiger charge is 2.47. The van der Waals surface area contributed by atoms with Gasteiger partial charge in [0, 0.05) is 35.3 Å². The van der Waals surface area contributed by atoms with Crippen molar-refractivity contribution in [2.75, 3.05) is 11.4 Å². The van der Waals surface area contributed by atoms with Gasteiger partial charge in [-0.1, -0.05) is 17.7 Å². The van der Waals surface area contributed by atoms with Crippen molar-refractivity contribution in [1.29, 1.82) is 0 Å². The number of rotatable bonds is 5. The molecule has 144 valence electrons. The fourth-order valence-corrected chi connectivity index (χ4v) is 3.50. The van der Waals surface area contributed by atoms with Crippen LogP contribution in [0.25, 0.3) is 0 Å². The van der Waals surface area contributed by atoms with Crippen molar-refractivity contribution in [3.63, 3.8) is 0 Å². The molecule has 1 aliphatic rings. The first kappa shape index (κ1) is 19.5. The second kappa shape index (κ2) is 7.80. The van der Waals surface area contributed by atoms with Crippen molar-refractivity contribution in [3.05, 3.63) is 53.1 Å². The summed E-state index contributed by atoms with van der Waals surface area (Å²) in [5, 5.41) is 0.594. The Bertz CT molecular complexity index is 808. The molecule has 2 unspecified atom stereocenters. The second-order valence-corrected chi connectivity index (χ2v) is 7.05. The Hall–Kier alpha value is -2.21. The van der Waals surface area contributed by atoms with Gasteiger partial charge in [0.1, 0.15) is 17.8 Å². The van der Waals surface area contributed by atoms with Crippen LogP contribution in [0.2, 0.25) is 5.02 Å². The van der Waals surface area contributed by atoms with Crippen LogP contribution in [0.4, 0.5) is 18.9 Å². The summed E-state index contributed by atoms with van der Waals surface area (Å²) in [6.45, 7) is 1.70. The van der Waals surface area contributed by atoms with Crippen LogP contribution in [0.15, 0.2) is 42.5 Å². The normalized spacial score (nSPS) is 20.0. The van der Waals surface area contributed by atoms with Gasteiger partial charge in [0.25, 0.3) is 0 Å². The van der Waals surface area contributed by atoms with Crippen LogP contribution in [-0.2, 0) is 4.79 Å². The van der Waals surface area contributed by atoms with Gasteiger partial charge in [-0.25, -0.2) is 0 Å². The molecule has 0 bridgehead atoms. The van der Waals surface area contributed by atoms with Crippen LogP contribution in [-0.4, -0.2) is 25.0 Å². The van der Waals surface area contributed by atoms with Gasteiger partial charge >= 0.3 is 6.18 Å². The third-order valence-electron chi connectivity index (χ3n) is 4.86. The summed E-state index contributed by atoms with van der Waals surface area (Å²) >= 11 is 6.08. The largest absolute Gasteiger partial charge is 0.457 e. The van der Waals surface area contributed by atoms with E-state index in [-0.39, 0.29) is 19.4 Å². The third-order valence-corrected chi connectivity index (χ3v) is 5.27. The number of aldehydes is 1. The van der Waals surface area contributed by atoms with Gasteiger partial charge in [0.05, 0.1) is 5.92 Å². The van der Waals surface area contributed by atoms with E-state index in [9.17, 15) is 18.0 Å². The smallest absolute Gasteiger partial charge is 0.393 e. The average Bonchev–Trinajstić information content (AvgIpc) is 3.04. The molecule has 3 nitrogen and oxygen atoms in total. The quantitative estimate of drug-likeness (QED) is 0.598. The molecule has 1 heterocycles. The van der Waals surface area contributed by atoms with E-state index in [0.29, 0.717) is 28.5 Å². The highest BCUT2D eigenvalue weighted by atomic mass is 35.5. The van der Waals surface area contributed by atoms with E-state index in [0.717, 1.165) is 5.56 Å². The molecule has 0 radical (unpaired) electrons. The number of nitrogens with zero attached hydrogens (tertiary/aromatic N) is 1. The molecule has 2 aromatic rings. The molecule has 0 aromatic heterocycles. The van der Waals surface area contributed by atoms with Gasteiger partial charge in [-0.15, -0.1) is 0 Å². The van der Waals surface area contributed by atoms with E-state index in [1.54, 1.807) is 47.4 Å². The van der Waals surface area contributed by atoms with E-state index >= 15 is 0 Å². The zero-order valence-corrected chi connectivity index (χ0v) is 15.4. The Morgan fingerprint density at radius 3 is 2.56 bits per heavy atom.